The maximum absolute atomic E-state index is 15.4. The van der Waals surface area contributed by atoms with Crippen LogP contribution in [-0.4, -0.2) is 103 Å². The number of aromatic carboxylic acids is 1. The van der Waals surface area contributed by atoms with Gasteiger partial charge in [0.2, 0.25) is 5.43 Å². The largest absolute Gasteiger partial charge is 0.477 e. The summed E-state index contributed by atoms with van der Waals surface area (Å²) in [4.78, 5) is 58.3. The Morgan fingerprint density at radius 1 is 0.831 bits per heavy atom. The minimum atomic E-state index is -1.38. The van der Waals surface area contributed by atoms with Crippen molar-refractivity contribution in [1.82, 2.24) is 24.4 Å². The number of alkyl halides is 2. The smallest absolute Gasteiger partial charge is 0.341 e. The number of nitrogens with zero attached hydrogens (tertiary/aromatic N) is 8. The fourth-order valence-electron chi connectivity index (χ4n) is 8.80. The van der Waals surface area contributed by atoms with Gasteiger partial charge in [-0.15, -0.1) is 23.2 Å². The molecule has 0 spiro atoms. The Kier molecular flexibility index (Phi) is 13.7. The number of aromatic nitrogens is 4. The van der Waals surface area contributed by atoms with E-state index in [-0.39, 0.29) is 88.3 Å². The molecule has 4 fully saturated rings. The average Bonchev–Trinajstić information content (AvgIpc) is 4.20. The molecule has 0 radical (unpaired) electrons. The van der Waals surface area contributed by atoms with Crippen LogP contribution in [0.25, 0.3) is 22.1 Å². The van der Waals surface area contributed by atoms with Crippen molar-refractivity contribution in [3.63, 3.8) is 0 Å². The second-order valence-corrected chi connectivity index (χ2v) is 18.8. The van der Waals surface area contributed by atoms with Crippen molar-refractivity contribution in [2.45, 2.75) is 106 Å². The van der Waals surface area contributed by atoms with E-state index in [1.807, 2.05) is 9.47 Å². The maximum atomic E-state index is 15.4. The highest BCUT2D eigenvalue weighted by Gasteiger charge is 2.37. The highest BCUT2D eigenvalue weighted by molar-refractivity contribution is 6.22. The Morgan fingerprint density at radius 3 is 2.14 bits per heavy atom. The number of guanidine groups is 2. The molecule has 4 aromatic heterocycles. The standard InChI is InChI=1S/C44H53Cl2F2N13O4/c45-31-20-58(40-33(47)16-28-36(62)11-13-60(26-7-8-26)38(28)55-40)18-23(31)14-25(50)15-24(49)6-4-2-1-3-5-12-53-43(51)57-44(52)54-35-22-59(21-32(35)46)41-34(48)17-29-37(63)30(42(64)65)19-61(27-9-10-27)39(29)56-41/h11,13,16-17,19,23,26-27,31-32,35,49-50H,1-10,12,14-15,18,20-22H2,(H,64,65)(H5,51,52,53,54,57). The number of hydrogen-bond donors (Lipinski definition) is 6. The molecule has 21 heteroatoms. The third-order valence-electron chi connectivity index (χ3n) is 12.5. The van der Waals surface area contributed by atoms with Crippen molar-refractivity contribution in [1.29, 1.82) is 10.8 Å². The van der Waals surface area contributed by atoms with Crippen LogP contribution in [0.15, 0.2) is 50.2 Å². The van der Waals surface area contributed by atoms with Crippen LogP contribution in [0.3, 0.4) is 0 Å². The fourth-order valence-corrected chi connectivity index (χ4v) is 9.44. The Morgan fingerprint density at radius 2 is 1.45 bits per heavy atom. The number of aliphatic imine (C=N–C) groups is 2. The van der Waals surface area contributed by atoms with Gasteiger partial charge in [-0.05, 0) is 69.4 Å². The highest BCUT2D eigenvalue weighted by atomic mass is 35.5. The van der Waals surface area contributed by atoms with E-state index in [9.17, 15) is 19.5 Å². The SMILES string of the molecule is N=C(CCCCCCCN=C(N)NC(N)=NC1CN(c2nc3c(cc2F)c(=O)c(C(=O)O)cn3C2CC2)CC1Cl)CC(=N)CC1CN(c2nc3c(cc2F)c(=O)ccn3C2CC2)CC1Cl. The quantitative estimate of drug-likeness (QED) is 0.0307. The van der Waals surface area contributed by atoms with Crippen LogP contribution >= 0.6 is 23.2 Å². The third kappa shape index (κ3) is 10.6. The Labute approximate surface area is 382 Å². The van der Waals surface area contributed by atoms with Gasteiger partial charge in [0.05, 0.1) is 27.6 Å². The fraction of sp³-hybridized carbons (Fsp3) is 0.523. The summed E-state index contributed by atoms with van der Waals surface area (Å²) in [6, 6.07) is 3.48. The van der Waals surface area contributed by atoms with Crippen LogP contribution in [0.4, 0.5) is 20.4 Å². The first-order valence-electron chi connectivity index (χ1n) is 22.2. The van der Waals surface area contributed by atoms with Gasteiger partial charge in [0.15, 0.2) is 40.6 Å². The van der Waals surface area contributed by atoms with Crippen LogP contribution in [0, 0.1) is 28.4 Å². The molecule has 4 aromatic rings. The number of carboxylic acids is 1. The normalized spacial score (nSPS) is 21.5. The van der Waals surface area contributed by atoms with Gasteiger partial charge in [-0.2, -0.15) is 0 Å². The number of fused-ring (bicyclic) bond motifs is 2. The van der Waals surface area contributed by atoms with Crippen LogP contribution in [0.2, 0.25) is 0 Å². The van der Waals surface area contributed by atoms with Gasteiger partial charge in [0.1, 0.15) is 16.9 Å². The van der Waals surface area contributed by atoms with Gasteiger partial charge < -0.3 is 46.3 Å². The summed E-state index contributed by atoms with van der Waals surface area (Å²) in [6.45, 7) is 1.66. The minimum Gasteiger partial charge on any atom is -0.477 e. The lowest BCUT2D eigenvalue weighted by Crippen LogP contribution is -2.43. The molecule has 65 heavy (non-hydrogen) atoms. The zero-order chi connectivity index (χ0) is 46.1. The van der Waals surface area contributed by atoms with Crippen LogP contribution < -0.4 is 37.4 Å². The summed E-state index contributed by atoms with van der Waals surface area (Å²) in [7, 11) is 0. The third-order valence-corrected chi connectivity index (χ3v) is 13.4. The molecule has 2 aliphatic carbocycles. The number of halogens is 4. The van der Waals surface area contributed by atoms with E-state index in [1.54, 1.807) is 15.7 Å². The summed E-state index contributed by atoms with van der Waals surface area (Å²) in [5.41, 5.74) is 12.3. The maximum Gasteiger partial charge on any atom is 0.341 e. The predicted octanol–water partition coefficient (Wildman–Crippen LogP) is 5.67. The van der Waals surface area contributed by atoms with Crippen molar-refractivity contribution in [2.75, 3.05) is 42.5 Å². The molecule has 0 aromatic carbocycles. The van der Waals surface area contributed by atoms with Gasteiger partial charge >= 0.3 is 5.97 Å². The first-order valence-corrected chi connectivity index (χ1v) is 23.0. The molecule has 8 N–H and O–H groups in total. The summed E-state index contributed by atoms with van der Waals surface area (Å²) in [5.74, 6) is -2.56. The van der Waals surface area contributed by atoms with Crippen molar-refractivity contribution in [3.05, 3.63) is 68.2 Å². The van der Waals surface area contributed by atoms with E-state index in [1.165, 1.54) is 18.3 Å². The van der Waals surface area contributed by atoms with Gasteiger partial charge in [-0.3, -0.25) is 19.9 Å². The molecule has 17 nitrogen and oxygen atoms in total. The minimum absolute atomic E-state index is 0.00151. The second-order valence-electron chi connectivity index (χ2n) is 17.6. The molecule has 4 unspecified atom stereocenters. The number of rotatable bonds is 18. The number of nitrogens with one attached hydrogen (secondary N) is 3. The topological polar surface area (TPSA) is 250 Å². The van der Waals surface area contributed by atoms with E-state index in [4.69, 9.17) is 45.5 Å². The summed E-state index contributed by atoms with van der Waals surface area (Å²) in [5, 5.41) is 28.7. The van der Waals surface area contributed by atoms with E-state index in [0.717, 1.165) is 63.9 Å². The zero-order valence-electron chi connectivity index (χ0n) is 35.8. The predicted molar refractivity (Wildman–Crippen MR) is 250 cm³/mol. The van der Waals surface area contributed by atoms with Crippen LogP contribution in [0.1, 0.15) is 99.5 Å². The van der Waals surface area contributed by atoms with Crippen LogP contribution in [0.5, 0.6) is 0 Å². The number of nitrogens with two attached hydrogens (primary N) is 2. The average molecular weight is 937 g/mol. The molecule has 2 saturated carbocycles. The lowest BCUT2D eigenvalue weighted by atomic mass is 9.96. The monoisotopic (exact) mass is 935 g/mol. The molecular weight excluding hydrogens is 883 g/mol. The van der Waals surface area contributed by atoms with Crippen molar-refractivity contribution in [3.8, 4) is 0 Å². The number of pyridine rings is 4. The summed E-state index contributed by atoms with van der Waals surface area (Å²) >= 11 is 13.3. The molecule has 4 atom stereocenters. The van der Waals surface area contributed by atoms with Crippen LogP contribution in [-0.2, 0) is 0 Å². The Bertz CT molecular complexity index is 2700. The first kappa shape index (κ1) is 45.9. The molecule has 346 valence electrons. The molecule has 4 aliphatic rings. The van der Waals surface area contributed by atoms with Crippen molar-refractivity contribution in [2.24, 2.45) is 27.4 Å². The molecular formula is C44H53Cl2F2N13O4. The number of hydrogen-bond acceptors (Lipinski definition) is 11. The molecule has 6 heterocycles. The summed E-state index contributed by atoms with van der Waals surface area (Å²) < 4.78 is 34.3. The van der Waals surface area contributed by atoms with Gasteiger partial charge in [-0.1, -0.05) is 19.3 Å². The lowest BCUT2D eigenvalue weighted by molar-refractivity contribution is 0.0694. The molecule has 2 aliphatic heterocycles. The molecule has 0 amide bonds. The van der Waals surface area contributed by atoms with Crippen molar-refractivity contribution < 1.29 is 18.7 Å². The van der Waals surface area contributed by atoms with E-state index >= 15 is 8.78 Å². The number of anilines is 2. The number of carbonyl (C=O) groups is 1. The molecule has 0 bridgehead atoms. The Hall–Kier alpha value is -5.69. The van der Waals surface area contributed by atoms with Gasteiger partial charge in [0.25, 0.3) is 0 Å². The van der Waals surface area contributed by atoms with E-state index in [2.05, 4.69) is 25.3 Å². The number of unbranched alkanes of at least 4 members (excludes halogenated alkanes) is 4. The van der Waals surface area contributed by atoms with Gasteiger partial charge in [0, 0.05) is 81.1 Å². The van der Waals surface area contributed by atoms with Crippen molar-refractivity contribution >= 4 is 86.2 Å². The molecule has 2 saturated heterocycles. The lowest BCUT2D eigenvalue weighted by Gasteiger charge is -2.19. The number of carboxylic acid groups (broad SMARTS) is 1. The van der Waals surface area contributed by atoms with Gasteiger partial charge in [-0.25, -0.2) is 28.5 Å². The highest BCUT2D eigenvalue weighted by Crippen LogP contribution is 2.39. The van der Waals surface area contributed by atoms with E-state index in [0.29, 0.717) is 49.5 Å². The Balaban J connectivity index is 0.727. The summed E-state index contributed by atoms with van der Waals surface area (Å²) in [6.07, 6.45) is 12.3. The first-order chi connectivity index (χ1) is 31.1. The van der Waals surface area contributed by atoms with E-state index < -0.39 is 40.0 Å². The molecule has 8 rings (SSSR count). The zero-order valence-corrected chi connectivity index (χ0v) is 37.3. The second kappa shape index (κ2) is 19.4.